The van der Waals surface area contributed by atoms with Gasteiger partial charge in [-0.3, -0.25) is 14.6 Å². The minimum Gasteiger partial charge on any atom is -0.497 e. The molecule has 1 fully saturated rings. The highest BCUT2D eigenvalue weighted by Crippen LogP contribution is 2.33. The molecular weight excluding hydrogens is 450 g/mol. The van der Waals surface area contributed by atoms with E-state index in [2.05, 4.69) is 25.7 Å². The van der Waals surface area contributed by atoms with Crippen LogP contribution in [0.2, 0.25) is 5.02 Å². The quantitative estimate of drug-likeness (QED) is 0.371. The van der Waals surface area contributed by atoms with Crippen molar-refractivity contribution < 1.29 is 14.3 Å². The maximum Gasteiger partial charge on any atom is 0.331 e. The third-order valence-electron chi connectivity index (χ3n) is 6.48. The number of ether oxygens (including phenoxy) is 1. The van der Waals surface area contributed by atoms with Gasteiger partial charge in [-0.1, -0.05) is 50.9 Å². The molecule has 3 rings (SSSR count). The number of benzene rings is 2. The van der Waals surface area contributed by atoms with Crippen LogP contribution in [-0.4, -0.2) is 43.6 Å². The first-order valence-electron chi connectivity index (χ1n) is 12.2. The second kappa shape index (κ2) is 12.1. The first kappa shape index (κ1) is 25.9. The van der Waals surface area contributed by atoms with Crippen molar-refractivity contribution in [2.45, 2.75) is 53.0 Å². The van der Waals surface area contributed by atoms with Crippen LogP contribution in [0.3, 0.4) is 0 Å². The zero-order chi connectivity index (χ0) is 24.7. The molecule has 34 heavy (non-hydrogen) atoms. The van der Waals surface area contributed by atoms with Crippen LogP contribution in [0.25, 0.3) is 0 Å². The Kier molecular flexibility index (Phi) is 9.22. The number of rotatable bonds is 11. The number of hydrogen-bond donors (Lipinski definition) is 0. The van der Waals surface area contributed by atoms with Gasteiger partial charge in [-0.25, -0.2) is 4.79 Å². The molecule has 1 atom stereocenters. The number of nitrogens with zero attached hydrogens (tertiary/aromatic N) is 3. The van der Waals surface area contributed by atoms with Crippen LogP contribution in [0.15, 0.2) is 42.5 Å². The summed E-state index contributed by atoms with van der Waals surface area (Å²) < 4.78 is 5.19. The molecule has 0 spiro atoms. The normalized spacial score (nSPS) is 15.0. The van der Waals surface area contributed by atoms with Gasteiger partial charge in [0.1, 0.15) is 5.75 Å². The van der Waals surface area contributed by atoms with Crippen LogP contribution in [0.4, 0.5) is 16.2 Å². The molecule has 0 bridgehead atoms. The lowest BCUT2D eigenvalue weighted by atomic mass is 10.0. The lowest BCUT2D eigenvalue weighted by molar-refractivity contribution is -0.129. The number of carbonyl (C=O) groups is 2. The maximum atomic E-state index is 13.3. The highest BCUT2D eigenvalue weighted by molar-refractivity contribution is 6.34. The molecule has 1 heterocycles. The molecule has 0 N–H and O–H groups in total. The summed E-state index contributed by atoms with van der Waals surface area (Å²) in [7, 11) is 1.60. The molecule has 6 nitrogen and oxygen atoms in total. The second-order valence-corrected chi connectivity index (χ2v) is 9.34. The van der Waals surface area contributed by atoms with Crippen LogP contribution >= 0.6 is 11.6 Å². The predicted octanol–water partition coefficient (Wildman–Crippen LogP) is 6.36. The van der Waals surface area contributed by atoms with Crippen LogP contribution in [0.1, 0.15) is 52.0 Å². The van der Waals surface area contributed by atoms with Gasteiger partial charge in [0, 0.05) is 31.7 Å². The molecule has 0 radical (unpaired) electrons. The van der Waals surface area contributed by atoms with Gasteiger partial charge in [-0.05, 0) is 54.7 Å². The van der Waals surface area contributed by atoms with Gasteiger partial charge in [0.25, 0.3) is 0 Å². The minimum atomic E-state index is -0.344. The molecule has 0 saturated carbocycles. The van der Waals surface area contributed by atoms with E-state index < -0.39 is 0 Å². The molecule has 3 amide bonds. The fourth-order valence-corrected chi connectivity index (χ4v) is 4.39. The van der Waals surface area contributed by atoms with Crippen LogP contribution < -0.4 is 14.5 Å². The maximum absolute atomic E-state index is 13.3. The number of anilines is 2. The summed E-state index contributed by atoms with van der Waals surface area (Å²) in [6.45, 7) is 9.15. The molecular formula is C27H36ClN3O3. The third kappa shape index (κ3) is 6.23. The summed E-state index contributed by atoms with van der Waals surface area (Å²) >= 11 is 6.70. The Morgan fingerprint density at radius 2 is 1.82 bits per heavy atom. The van der Waals surface area contributed by atoms with Crippen molar-refractivity contribution in [1.29, 1.82) is 0 Å². The van der Waals surface area contributed by atoms with Gasteiger partial charge in [-0.15, -0.1) is 0 Å². The topological polar surface area (TPSA) is 53.1 Å². The van der Waals surface area contributed by atoms with E-state index in [0.717, 1.165) is 42.9 Å². The molecule has 1 aliphatic heterocycles. The summed E-state index contributed by atoms with van der Waals surface area (Å²) in [5.74, 6) is 1.23. The number of halogens is 1. The van der Waals surface area contributed by atoms with E-state index in [0.29, 0.717) is 23.2 Å². The fourth-order valence-electron chi connectivity index (χ4n) is 4.11. The minimum absolute atomic E-state index is 0.177. The zero-order valence-corrected chi connectivity index (χ0v) is 21.5. The smallest absolute Gasteiger partial charge is 0.331 e. The molecule has 7 heteroatoms. The van der Waals surface area contributed by atoms with Gasteiger partial charge in [0.2, 0.25) is 5.91 Å². The van der Waals surface area contributed by atoms with E-state index in [1.807, 2.05) is 42.5 Å². The lowest BCUT2D eigenvalue weighted by Gasteiger charge is -2.35. The lowest BCUT2D eigenvalue weighted by Crippen LogP contribution is -2.52. The van der Waals surface area contributed by atoms with Gasteiger partial charge in [-0.2, -0.15) is 0 Å². The number of imide groups is 1. The average molecular weight is 486 g/mol. The molecule has 0 aliphatic carbocycles. The van der Waals surface area contributed by atoms with E-state index in [4.69, 9.17) is 16.3 Å². The van der Waals surface area contributed by atoms with E-state index in [-0.39, 0.29) is 24.9 Å². The summed E-state index contributed by atoms with van der Waals surface area (Å²) in [5, 5.41) is 0.522. The highest BCUT2D eigenvalue weighted by atomic mass is 35.5. The summed E-state index contributed by atoms with van der Waals surface area (Å²) in [6, 6.07) is 12.9. The van der Waals surface area contributed by atoms with E-state index in [1.54, 1.807) is 12.0 Å². The Hall–Kier alpha value is -2.73. The summed E-state index contributed by atoms with van der Waals surface area (Å²) in [4.78, 5) is 31.1. The number of hydrogen-bond acceptors (Lipinski definition) is 4. The third-order valence-corrected chi connectivity index (χ3v) is 6.78. The van der Waals surface area contributed by atoms with E-state index in [9.17, 15) is 9.59 Å². The predicted molar refractivity (Wildman–Crippen MR) is 139 cm³/mol. The molecule has 0 aromatic heterocycles. The molecule has 1 saturated heterocycles. The Bertz CT molecular complexity index is 980. The molecule has 1 aliphatic rings. The van der Waals surface area contributed by atoms with E-state index in [1.165, 1.54) is 11.3 Å². The van der Waals surface area contributed by atoms with Crippen LogP contribution in [0, 0.1) is 5.92 Å². The zero-order valence-electron chi connectivity index (χ0n) is 20.7. The Labute approximate surface area is 208 Å². The molecule has 2 aromatic carbocycles. The first-order valence-corrected chi connectivity index (χ1v) is 12.5. The van der Waals surface area contributed by atoms with Gasteiger partial charge < -0.3 is 9.64 Å². The van der Waals surface area contributed by atoms with Crippen molar-refractivity contribution in [2.24, 2.45) is 5.92 Å². The monoisotopic (exact) mass is 485 g/mol. The Balaban J connectivity index is 1.77. The Morgan fingerprint density at radius 1 is 1.09 bits per heavy atom. The number of carbonyl (C=O) groups excluding carboxylic acids is 2. The van der Waals surface area contributed by atoms with Crippen molar-refractivity contribution in [1.82, 2.24) is 4.90 Å². The van der Waals surface area contributed by atoms with Crippen LogP contribution in [0.5, 0.6) is 5.75 Å². The second-order valence-electron chi connectivity index (χ2n) is 8.94. The first-order chi connectivity index (χ1) is 16.4. The molecule has 1 unspecified atom stereocenters. The van der Waals surface area contributed by atoms with Gasteiger partial charge in [0.05, 0.1) is 24.4 Å². The standard InChI is InChI=1S/C27H36ClN3O3/c1-5-15-29(16-13-20(3)6-2)22-9-12-25(24(28)18-22)30-17-14-26(32)31(27(30)33)19-21-7-10-23(34-4)11-8-21/h7-12,18,20H,5-6,13-17,19H2,1-4H3. The van der Waals surface area contributed by atoms with Gasteiger partial charge >= 0.3 is 6.03 Å². The molecule has 2 aromatic rings. The Morgan fingerprint density at radius 3 is 2.44 bits per heavy atom. The average Bonchev–Trinajstić information content (AvgIpc) is 2.85. The van der Waals surface area contributed by atoms with Crippen molar-refractivity contribution >= 4 is 34.9 Å². The molecule has 184 valence electrons. The fraction of sp³-hybridized carbons (Fsp3) is 0.481. The van der Waals surface area contributed by atoms with Crippen LogP contribution in [-0.2, 0) is 11.3 Å². The van der Waals surface area contributed by atoms with Crippen molar-refractivity contribution in [3.8, 4) is 5.75 Å². The number of methoxy groups -OCH3 is 1. The summed E-state index contributed by atoms with van der Waals surface area (Å²) in [5.41, 5.74) is 2.57. The highest BCUT2D eigenvalue weighted by Gasteiger charge is 2.33. The summed E-state index contributed by atoms with van der Waals surface area (Å²) in [6.07, 6.45) is 3.61. The van der Waals surface area contributed by atoms with Gasteiger partial charge in [0.15, 0.2) is 0 Å². The number of urea groups is 1. The largest absolute Gasteiger partial charge is 0.497 e. The number of amides is 3. The SMILES string of the molecule is CCCN(CCC(C)CC)c1ccc(N2CCC(=O)N(Cc3ccc(OC)cc3)C2=O)c(Cl)c1. The van der Waals surface area contributed by atoms with Crippen molar-refractivity contribution in [2.75, 3.05) is 36.5 Å². The van der Waals surface area contributed by atoms with Crippen molar-refractivity contribution in [3.05, 3.63) is 53.1 Å². The van der Waals surface area contributed by atoms with Crippen molar-refractivity contribution in [3.63, 3.8) is 0 Å². The van der Waals surface area contributed by atoms with E-state index >= 15 is 0 Å².